The highest BCUT2D eigenvalue weighted by atomic mass is 32.2. The number of alkyl halides is 3. The van der Waals surface area contributed by atoms with Crippen LogP contribution in [-0.4, -0.2) is 21.8 Å². The van der Waals surface area contributed by atoms with Crippen LogP contribution < -0.4 is 4.72 Å². The van der Waals surface area contributed by atoms with Crippen molar-refractivity contribution in [3.63, 3.8) is 0 Å². The van der Waals surface area contributed by atoms with E-state index < -0.39 is 12.2 Å². The van der Waals surface area contributed by atoms with Crippen molar-refractivity contribution in [3.8, 4) is 6.07 Å². The minimum atomic E-state index is -4.38. The summed E-state index contributed by atoms with van der Waals surface area (Å²) in [6, 6.07) is 2.37. The molecule has 38 heavy (non-hydrogen) atoms. The summed E-state index contributed by atoms with van der Waals surface area (Å²) in [6.45, 7) is 18.4. The Morgan fingerprint density at radius 3 is 2.55 bits per heavy atom. The van der Waals surface area contributed by atoms with Gasteiger partial charge in [-0.1, -0.05) is 64.8 Å². The lowest BCUT2D eigenvalue weighted by Crippen LogP contribution is -2.35. The number of aryl methyl sites for hydroxylation is 1. The quantitative estimate of drug-likeness (QED) is 0.164. The van der Waals surface area contributed by atoms with Crippen molar-refractivity contribution < 1.29 is 17.6 Å². The van der Waals surface area contributed by atoms with Crippen LogP contribution in [0.15, 0.2) is 79.2 Å². The summed E-state index contributed by atoms with van der Waals surface area (Å²) >= 11 is 0.747. The van der Waals surface area contributed by atoms with Gasteiger partial charge in [0.1, 0.15) is 23.6 Å². The average Bonchev–Trinajstić information content (AvgIpc) is 3.22. The number of allylic oxidation sites excluding steroid dienone is 8. The molecular weight excluding hydrogens is 512 g/mol. The highest BCUT2D eigenvalue weighted by Crippen LogP contribution is 2.31. The Morgan fingerprint density at radius 2 is 1.97 bits per heavy atom. The maximum Gasteiger partial charge on any atom is 0.404 e. The third-order valence-electron chi connectivity index (χ3n) is 5.19. The van der Waals surface area contributed by atoms with Crippen LogP contribution in [0, 0.1) is 11.3 Å². The molecule has 4 nitrogen and oxygen atoms in total. The molecular formula is C29H34F4N4S. The summed E-state index contributed by atoms with van der Waals surface area (Å²) in [5, 5.41) is 10.6. The summed E-state index contributed by atoms with van der Waals surface area (Å²) in [6.07, 6.45) is 7.47. The van der Waals surface area contributed by atoms with E-state index in [1.165, 1.54) is 12.2 Å². The van der Waals surface area contributed by atoms with Gasteiger partial charge in [0, 0.05) is 29.5 Å². The number of halogens is 4. The smallest absolute Gasteiger partial charge is 0.320 e. The third-order valence-corrected chi connectivity index (χ3v) is 6.06. The largest absolute Gasteiger partial charge is 0.404 e. The fourth-order valence-electron chi connectivity index (χ4n) is 3.17. The van der Waals surface area contributed by atoms with Gasteiger partial charge in [0.2, 0.25) is 0 Å². The van der Waals surface area contributed by atoms with Gasteiger partial charge in [-0.25, -0.2) is 14.1 Å². The van der Waals surface area contributed by atoms with Crippen LogP contribution in [0.1, 0.15) is 50.9 Å². The Bertz CT molecular complexity index is 1260. The molecule has 2 aromatic rings. The molecule has 0 saturated carbocycles. The normalized spacial score (nSPS) is 12.9. The van der Waals surface area contributed by atoms with E-state index in [2.05, 4.69) is 35.5 Å². The zero-order valence-corrected chi connectivity index (χ0v) is 23.0. The fourth-order valence-corrected chi connectivity index (χ4v) is 3.77. The molecule has 2 aromatic heterocycles. The minimum absolute atomic E-state index is 0.0975. The number of nitriles is 1. The number of hydrogen-bond donors (Lipinski definition) is 1. The Morgan fingerprint density at radius 1 is 1.29 bits per heavy atom. The van der Waals surface area contributed by atoms with Crippen LogP contribution >= 0.6 is 11.9 Å². The molecule has 2 rings (SSSR count). The summed E-state index contributed by atoms with van der Waals surface area (Å²) in [7, 11) is 0. The number of aromatic nitrogens is 2. The molecule has 0 amide bonds. The number of pyridine rings is 1. The third kappa shape index (κ3) is 9.19. The lowest BCUT2D eigenvalue weighted by atomic mass is 10.1. The van der Waals surface area contributed by atoms with Crippen LogP contribution in [0.25, 0.3) is 16.6 Å². The monoisotopic (exact) mass is 546 g/mol. The van der Waals surface area contributed by atoms with E-state index in [0.717, 1.165) is 30.9 Å². The van der Waals surface area contributed by atoms with Crippen LogP contribution in [0.3, 0.4) is 0 Å². The van der Waals surface area contributed by atoms with E-state index in [0.29, 0.717) is 32.8 Å². The maximum atomic E-state index is 14.4. The Labute approximate surface area is 227 Å². The zero-order chi connectivity index (χ0) is 28.9. The van der Waals surface area contributed by atoms with Crippen LogP contribution in [0.5, 0.6) is 0 Å². The molecule has 0 aliphatic rings. The second-order valence-electron chi connectivity index (χ2n) is 7.84. The first-order chi connectivity index (χ1) is 18.0. The predicted octanol–water partition coefficient (Wildman–Crippen LogP) is 8.75. The predicted molar refractivity (Wildman–Crippen MR) is 152 cm³/mol. The second-order valence-corrected chi connectivity index (χ2v) is 8.81. The molecule has 204 valence electrons. The van der Waals surface area contributed by atoms with Gasteiger partial charge in [0.05, 0.1) is 11.3 Å². The molecule has 1 atom stereocenters. The van der Waals surface area contributed by atoms with Gasteiger partial charge < -0.3 is 4.57 Å². The van der Waals surface area contributed by atoms with Crippen LogP contribution in [0.2, 0.25) is 0 Å². The molecule has 0 aliphatic carbocycles. The molecule has 0 bridgehead atoms. The Balaban J connectivity index is 0.00000352. The fraction of sp³-hybridized carbons (Fsp3) is 0.310. The number of nitrogens with one attached hydrogen (secondary N) is 1. The number of rotatable bonds is 12. The standard InChI is InChI=1S/C27H28F4N4S.C2H6/c1-6-8-9-10-22(28)13-14-35-25(24(16-32)23-15-21(7-2)17-33-26(23)35)18(3)11-12-19(4)36-34-20(5)27(29,30)31;1-2/h6,8-9,11-13,15,17,20,34H,1,3-4,7,10,14H2,2,5H3;1-2H3/b9-8-,12-11-,22-13+;. The molecule has 9 heteroatoms. The highest BCUT2D eigenvalue weighted by molar-refractivity contribution is 8.01. The van der Waals surface area contributed by atoms with E-state index in [1.54, 1.807) is 35.1 Å². The maximum absolute atomic E-state index is 14.4. The van der Waals surface area contributed by atoms with Crippen molar-refractivity contribution in [2.45, 2.75) is 59.3 Å². The van der Waals surface area contributed by atoms with Crippen molar-refractivity contribution >= 4 is 28.6 Å². The van der Waals surface area contributed by atoms with Crippen molar-refractivity contribution in [1.82, 2.24) is 14.3 Å². The van der Waals surface area contributed by atoms with Gasteiger partial charge in [-0.3, -0.25) is 0 Å². The van der Waals surface area contributed by atoms with Crippen molar-refractivity contribution in [2.75, 3.05) is 0 Å². The number of fused-ring (bicyclic) bond motifs is 1. The molecule has 2 heterocycles. The molecule has 0 aliphatic heterocycles. The molecule has 0 fully saturated rings. The van der Waals surface area contributed by atoms with Gasteiger partial charge >= 0.3 is 6.18 Å². The van der Waals surface area contributed by atoms with Crippen molar-refractivity contribution in [2.24, 2.45) is 0 Å². The van der Waals surface area contributed by atoms with E-state index in [9.17, 15) is 22.8 Å². The molecule has 0 spiro atoms. The number of nitrogens with zero attached hydrogens (tertiary/aromatic N) is 3. The summed E-state index contributed by atoms with van der Waals surface area (Å²) < 4.78 is 56.5. The van der Waals surface area contributed by atoms with Crippen LogP contribution in [-0.2, 0) is 13.0 Å². The van der Waals surface area contributed by atoms with E-state index in [1.807, 2.05) is 26.8 Å². The Kier molecular flexibility index (Phi) is 13.6. The molecule has 0 aromatic carbocycles. The molecule has 0 saturated heterocycles. The summed E-state index contributed by atoms with van der Waals surface area (Å²) in [5.74, 6) is -0.361. The first-order valence-corrected chi connectivity index (χ1v) is 12.9. The molecule has 0 radical (unpaired) electrons. The van der Waals surface area contributed by atoms with Gasteiger partial charge in [-0.05, 0) is 54.6 Å². The zero-order valence-electron chi connectivity index (χ0n) is 22.2. The number of hydrogen-bond acceptors (Lipinski definition) is 4. The minimum Gasteiger partial charge on any atom is -0.320 e. The van der Waals surface area contributed by atoms with Crippen molar-refractivity contribution in [1.29, 1.82) is 5.26 Å². The van der Waals surface area contributed by atoms with Gasteiger partial charge in [-0.15, -0.1) is 0 Å². The van der Waals surface area contributed by atoms with E-state index in [-0.39, 0.29) is 18.8 Å². The first kappa shape index (κ1) is 32.7. The topological polar surface area (TPSA) is 53.6 Å². The molecule has 1 unspecified atom stereocenters. The van der Waals surface area contributed by atoms with E-state index >= 15 is 0 Å². The highest BCUT2D eigenvalue weighted by Gasteiger charge is 2.35. The van der Waals surface area contributed by atoms with E-state index in [4.69, 9.17) is 0 Å². The second kappa shape index (κ2) is 15.8. The SMILES string of the molecule is C=C/C=C\C/C(F)=C\Cn1c(C(=C)/C=C\C(=C)SNC(C)C(F)(F)F)c(C#N)c2cc(CC)cnc21.CC. The van der Waals surface area contributed by atoms with Gasteiger partial charge in [-0.2, -0.15) is 18.4 Å². The lowest BCUT2D eigenvalue weighted by molar-refractivity contribution is -0.146. The summed E-state index contributed by atoms with van der Waals surface area (Å²) in [5.41, 5.74) is 2.64. The Hall–Kier alpha value is -3.35. The van der Waals surface area contributed by atoms with Gasteiger partial charge in [0.25, 0.3) is 0 Å². The van der Waals surface area contributed by atoms with Crippen LogP contribution in [0.4, 0.5) is 17.6 Å². The van der Waals surface area contributed by atoms with Gasteiger partial charge in [0.15, 0.2) is 0 Å². The average molecular weight is 547 g/mol. The first-order valence-electron chi connectivity index (χ1n) is 12.1. The molecule has 1 N–H and O–H groups in total. The van der Waals surface area contributed by atoms with Crippen molar-refractivity contribution in [3.05, 3.63) is 96.0 Å². The summed E-state index contributed by atoms with van der Waals surface area (Å²) in [4.78, 5) is 4.83. The lowest BCUT2D eigenvalue weighted by Gasteiger charge is -2.16.